The number of hydrogen-bond donors (Lipinski definition) is 1. The van der Waals surface area contributed by atoms with E-state index in [1.165, 1.54) is 11.3 Å². The number of nitrogens with zero attached hydrogens (tertiary/aromatic N) is 4. The normalized spacial score (nSPS) is 14.3. The predicted octanol–water partition coefficient (Wildman–Crippen LogP) is 2.26. The molecular formula is C16H18ClN5. The zero-order valence-corrected chi connectivity index (χ0v) is 13.0. The maximum atomic E-state index is 4.60. The van der Waals surface area contributed by atoms with Gasteiger partial charge in [-0.25, -0.2) is 9.97 Å². The smallest absolute Gasteiger partial charge is 0.233 e. The molecule has 1 aliphatic heterocycles. The second-order valence-corrected chi connectivity index (χ2v) is 5.29. The highest BCUT2D eigenvalue weighted by atomic mass is 35.5. The number of rotatable bonds is 2. The van der Waals surface area contributed by atoms with E-state index in [4.69, 9.17) is 0 Å². The lowest BCUT2D eigenvalue weighted by Crippen LogP contribution is -2.28. The summed E-state index contributed by atoms with van der Waals surface area (Å²) in [6.45, 7) is 3.71. The summed E-state index contributed by atoms with van der Waals surface area (Å²) in [4.78, 5) is 11.3. The minimum absolute atomic E-state index is 0. The van der Waals surface area contributed by atoms with Gasteiger partial charge >= 0.3 is 0 Å². The molecule has 0 unspecified atom stereocenters. The highest BCUT2D eigenvalue weighted by Crippen LogP contribution is 2.23. The topological polar surface area (TPSA) is 45.5 Å². The van der Waals surface area contributed by atoms with Gasteiger partial charge in [-0.2, -0.15) is 0 Å². The first-order valence-corrected chi connectivity index (χ1v) is 7.22. The van der Waals surface area contributed by atoms with Crippen molar-refractivity contribution < 1.29 is 0 Å². The van der Waals surface area contributed by atoms with Crippen molar-refractivity contribution in [1.29, 1.82) is 0 Å². The number of halogens is 1. The maximum absolute atomic E-state index is 4.60. The van der Waals surface area contributed by atoms with Crippen LogP contribution < -0.4 is 10.2 Å². The SMILES string of the molecule is Cl.c1ccc2c(c1)CNCCN2Cc1cn2cccnc2n1. The van der Waals surface area contributed by atoms with Gasteiger partial charge in [0.2, 0.25) is 5.78 Å². The Balaban J connectivity index is 0.00000144. The molecule has 5 nitrogen and oxygen atoms in total. The first-order valence-electron chi connectivity index (χ1n) is 7.22. The molecule has 1 aliphatic rings. The summed E-state index contributed by atoms with van der Waals surface area (Å²) in [7, 11) is 0. The Morgan fingerprint density at radius 2 is 2.09 bits per heavy atom. The average Bonchev–Trinajstić information content (AvgIpc) is 2.82. The molecule has 0 fully saturated rings. The molecule has 0 bridgehead atoms. The van der Waals surface area contributed by atoms with Gasteiger partial charge in [0.1, 0.15) is 0 Å². The van der Waals surface area contributed by atoms with Gasteiger partial charge in [-0.3, -0.25) is 4.40 Å². The number of para-hydroxylation sites is 1. The highest BCUT2D eigenvalue weighted by molar-refractivity contribution is 5.85. The summed E-state index contributed by atoms with van der Waals surface area (Å²) in [5.74, 6) is 0.758. The number of anilines is 1. The summed E-state index contributed by atoms with van der Waals surface area (Å²) >= 11 is 0. The van der Waals surface area contributed by atoms with E-state index in [0.717, 1.165) is 37.7 Å². The minimum Gasteiger partial charge on any atom is -0.364 e. The van der Waals surface area contributed by atoms with Crippen molar-refractivity contribution >= 4 is 23.9 Å². The van der Waals surface area contributed by atoms with Crippen LogP contribution in [0.3, 0.4) is 0 Å². The number of nitrogens with one attached hydrogen (secondary N) is 1. The molecule has 0 amide bonds. The maximum Gasteiger partial charge on any atom is 0.233 e. The van der Waals surface area contributed by atoms with Crippen molar-refractivity contribution in [3.8, 4) is 0 Å². The number of hydrogen-bond acceptors (Lipinski definition) is 4. The third kappa shape index (κ3) is 2.77. The number of imidazole rings is 1. The van der Waals surface area contributed by atoms with Crippen LogP contribution in [0, 0.1) is 0 Å². The van der Waals surface area contributed by atoms with E-state index in [1.807, 2.05) is 16.7 Å². The summed E-state index contributed by atoms with van der Waals surface area (Å²) in [5, 5.41) is 3.47. The third-order valence-electron chi connectivity index (χ3n) is 3.84. The Morgan fingerprint density at radius 1 is 1.18 bits per heavy atom. The van der Waals surface area contributed by atoms with Gasteiger partial charge in [0, 0.05) is 43.9 Å². The molecule has 6 heteroatoms. The van der Waals surface area contributed by atoms with Crippen LogP contribution in [0.1, 0.15) is 11.3 Å². The molecular weight excluding hydrogens is 298 g/mol. The lowest BCUT2D eigenvalue weighted by molar-refractivity contribution is 0.686. The molecule has 0 spiro atoms. The molecule has 2 aromatic heterocycles. The van der Waals surface area contributed by atoms with Crippen LogP contribution in [0.15, 0.2) is 48.9 Å². The number of benzene rings is 1. The van der Waals surface area contributed by atoms with Crippen LogP contribution in [-0.2, 0) is 13.1 Å². The number of fused-ring (bicyclic) bond motifs is 2. The van der Waals surface area contributed by atoms with E-state index in [0.29, 0.717) is 0 Å². The second kappa shape index (κ2) is 6.34. The Hall–Kier alpha value is -2.11. The van der Waals surface area contributed by atoms with Crippen molar-refractivity contribution in [3.05, 3.63) is 60.2 Å². The van der Waals surface area contributed by atoms with Crippen molar-refractivity contribution in [3.63, 3.8) is 0 Å². The summed E-state index contributed by atoms with van der Waals surface area (Å²) in [6, 6.07) is 10.5. The molecule has 0 aliphatic carbocycles. The van der Waals surface area contributed by atoms with E-state index in [1.54, 1.807) is 6.20 Å². The monoisotopic (exact) mass is 315 g/mol. The second-order valence-electron chi connectivity index (χ2n) is 5.29. The minimum atomic E-state index is 0. The summed E-state index contributed by atoms with van der Waals surface area (Å²) in [6.07, 6.45) is 5.82. The average molecular weight is 316 g/mol. The Labute approximate surface area is 135 Å². The third-order valence-corrected chi connectivity index (χ3v) is 3.84. The van der Waals surface area contributed by atoms with Crippen molar-refractivity contribution in [2.24, 2.45) is 0 Å². The molecule has 3 heterocycles. The highest BCUT2D eigenvalue weighted by Gasteiger charge is 2.15. The zero-order chi connectivity index (χ0) is 14.1. The van der Waals surface area contributed by atoms with Gasteiger partial charge in [-0.05, 0) is 17.7 Å². The first kappa shape index (κ1) is 14.8. The van der Waals surface area contributed by atoms with Gasteiger partial charge in [-0.1, -0.05) is 18.2 Å². The quantitative estimate of drug-likeness (QED) is 0.788. The predicted molar refractivity (Wildman–Crippen MR) is 89.4 cm³/mol. The van der Waals surface area contributed by atoms with Crippen LogP contribution in [0.25, 0.3) is 5.78 Å². The van der Waals surface area contributed by atoms with Gasteiger partial charge in [0.25, 0.3) is 0 Å². The van der Waals surface area contributed by atoms with Gasteiger partial charge in [0.05, 0.1) is 12.2 Å². The lowest BCUT2D eigenvalue weighted by atomic mass is 10.1. The molecule has 0 saturated carbocycles. The fourth-order valence-electron chi connectivity index (χ4n) is 2.84. The zero-order valence-electron chi connectivity index (χ0n) is 12.1. The fraction of sp³-hybridized carbons (Fsp3) is 0.250. The number of aromatic nitrogens is 3. The van der Waals surface area contributed by atoms with E-state index in [9.17, 15) is 0 Å². The van der Waals surface area contributed by atoms with Crippen LogP contribution in [0.5, 0.6) is 0 Å². The summed E-state index contributed by atoms with van der Waals surface area (Å²) < 4.78 is 1.97. The van der Waals surface area contributed by atoms with Gasteiger partial charge in [0.15, 0.2) is 0 Å². The van der Waals surface area contributed by atoms with Gasteiger partial charge < -0.3 is 10.2 Å². The standard InChI is InChI=1S/C16H17N5.ClH/c1-2-5-15-13(4-1)10-17-7-9-20(15)11-14-12-21-8-3-6-18-16(21)19-14;/h1-6,8,12,17H,7,9-11H2;1H. The Kier molecular flexibility index (Phi) is 4.27. The van der Waals surface area contributed by atoms with E-state index in [-0.39, 0.29) is 12.4 Å². The van der Waals surface area contributed by atoms with E-state index < -0.39 is 0 Å². The lowest BCUT2D eigenvalue weighted by Gasteiger charge is -2.23. The summed E-state index contributed by atoms with van der Waals surface area (Å²) in [5.41, 5.74) is 3.69. The van der Waals surface area contributed by atoms with Crippen LogP contribution in [0.4, 0.5) is 5.69 Å². The molecule has 22 heavy (non-hydrogen) atoms. The molecule has 0 atom stereocenters. The molecule has 3 aromatic rings. The fourth-order valence-corrected chi connectivity index (χ4v) is 2.84. The van der Waals surface area contributed by atoms with Crippen molar-refractivity contribution in [1.82, 2.24) is 19.7 Å². The van der Waals surface area contributed by atoms with E-state index in [2.05, 4.69) is 50.6 Å². The molecule has 0 radical (unpaired) electrons. The van der Waals surface area contributed by atoms with Crippen molar-refractivity contribution in [2.75, 3.05) is 18.0 Å². The van der Waals surface area contributed by atoms with Crippen LogP contribution >= 0.6 is 12.4 Å². The molecule has 1 N–H and O–H groups in total. The molecule has 1 aromatic carbocycles. The molecule has 4 rings (SSSR count). The Bertz CT molecular complexity index is 737. The van der Waals surface area contributed by atoms with E-state index >= 15 is 0 Å². The van der Waals surface area contributed by atoms with Crippen molar-refractivity contribution in [2.45, 2.75) is 13.1 Å². The largest absolute Gasteiger partial charge is 0.364 e. The Morgan fingerprint density at radius 3 is 3.00 bits per heavy atom. The molecule has 114 valence electrons. The molecule has 0 saturated heterocycles. The first-order chi connectivity index (χ1) is 10.4. The van der Waals surface area contributed by atoms with Crippen LogP contribution in [-0.4, -0.2) is 27.5 Å². The van der Waals surface area contributed by atoms with Gasteiger partial charge in [-0.15, -0.1) is 12.4 Å². The van der Waals surface area contributed by atoms with Crippen LogP contribution in [0.2, 0.25) is 0 Å².